The van der Waals surface area contributed by atoms with Crippen LogP contribution in [-0.4, -0.2) is 27.3 Å². The molecular formula is C15H18N6O3. The van der Waals surface area contributed by atoms with E-state index in [1.165, 1.54) is 13.3 Å². The molecule has 0 unspecified atom stereocenters. The number of anilines is 4. The molecule has 9 nitrogen and oxygen atoms in total. The van der Waals surface area contributed by atoms with E-state index >= 15 is 0 Å². The average Bonchev–Trinajstić information content (AvgIpc) is 2.54. The van der Waals surface area contributed by atoms with Gasteiger partial charge in [0.05, 0.1) is 4.92 Å². The molecule has 9 heteroatoms. The predicted octanol–water partition coefficient (Wildman–Crippen LogP) is 2.91. The number of carbonyl (C=O) groups excluding carboxylic acids is 1. The number of nitrogens with zero attached hydrogens (tertiary/aromatic N) is 3. The molecule has 0 aliphatic carbocycles. The van der Waals surface area contributed by atoms with E-state index in [4.69, 9.17) is 0 Å². The van der Waals surface area contributed by atoms with Crippen molar-refractivity contribution in [2.45, 2.75) is 20.3 Å². The largest absolute Gasteiger partial charge is 0.364 e. The van der Waals surface area contributed by atoms with Gasteiger partial charge in [0.2, 0.25) is 17.5 Å². The first kappa shape index (κ1) is 17.1. The number of nitrogens with one attached hydrogen (secondary N) is 3. The predicted molar refractivity (Wildman–Crippen MR) is 91.5 cm³/mol. The molecule has 0 saturated carbocycles. The third-order valence-electron chi connectivity index (χ3n) is 3.02. The van der Waals surface area contributed by atoms with E-state index in [0.29, 0.717) is 17.9 Å². The Morgan fingerprint density at radius 2 is 1.79 bits per heavy atom. The molecule has 0 fully saturated rings. The maximum atomic E-state index is 11.4. The van der Waals surface area contributed by atoms with Gasteiger partial charge in [-0.1, -0.05) is 6.92 Å². The van der Waals surface area contributed by atoms with Gasteiger partial charge in [0.1, 0.15) is 6.33 Å². The quantitative estimate of drug-likeness (QED) is 0.527. The zero-order valence-corrected chi connectivity index (χ0v) is 13.4. The Balaban J connectivity index is 2.25. The zero-order chi connectivity index (χ0) is 17.5. The Hall–Kier alpha value is -3.23. The molecule has 0 spiro atoms. The van der Waals surface area contributed by atoms with Crippen LogP contribution in [0.3, 0.4) is 0 Å². The maximum absolute atomic E-state index is 11.4. The van der Waals surface area contributed by atoms with Crippen molar-refractivity contribution in [3.8, 4) is 0 Å². The second-order valence-corrected chi connectivity index (χ2v) is 4.99. The van der Waals surface area contributed by atoms with Crippen molar-refractivity contribution in [2.75, 3.05) is 22.5 Å². The van der Waals surface area contributed by atoms with Crippen molar-refractivity contribution in [2.24, 2.45) is 0 Å². The van der Waals surface area contributed by atoms with E-state index in [0.717, 1.165) is 6.42 Å². The molecule has 126 valence electrons. The molecule has 1 amide bonds. The van der Waals surface area contributed by atoms with Crippen molar-refractivity contribution < 1.29 is 9.72 Å². The summed E-state index contributed by atoms with van der Waals surface area (Å²) in [5.41, 5.74) is 1.03. The number of hydrogen-bond donors (Lipinski definition) is 3. The molecule has 0 saturated heterocycles. The van der Waals surface area contributed by atoms with Gasteiger partial charge >= 0.3 is 5.69 Å². The molecule has 2 aromatic rings. The SMILES string of the molecule is CCCNc1ncnc(Nc2ccc(NC(C)=O)cc2)c1[N+](=O)[O-]. The highest BCUT2D eigenvalue weighted by atomic mass is 16.6. The molecule has 0 atom stereocenters. The molecular weight excluding hydrogens is 312 g/mol. The molecule has 0 bridgehead atoms. The van der Waals surface area contributed by atoms with Gasteiger partial charge in [0.15, 0.2) is 0 Å². The van der Waals surface area contributed by atoms with Crippen LogP contribution in [0.25, 0.3) is 0 Å². The Kier molecular flexibility index (Phi) is 5.61. The minimum Gasteiger partial charge on any atom is -0.364 e. The summed E-state index contributed by atoms with van der Waals surface area (Å²) in [6.45, 7) is 3.94. The first-order valence-electron chi connectivity index (χ1n) is 7.39. The molecule has 0 aliphatic heterocycles. The summed E-state index contributed by atoms with van der Waals surface area (Å²) >= 11 is 0. The van der Waals surface area contributed by atoms with Gasteiger partial charge in [0.25, 0.3) is 0 Å². The van der Waals surface area contributed by atoms with E-state index in [2.05, 4.69) is 25.9 Å². The van der Waals surface area contributed by atoms with E-state index in [9.17, 15) is 14.9 Å². The first-order chi connectivity index (χ1) is 11.5. The smallest absolute Gasteiger partial charge is 0.353 e. The fourth-order valence-corrected chi connectivity index (χ4v) is 1.99. The van der Waals surface area contributed by atoms with Crippen LogP contribution >= 0.6 is 0 Å². The summed E-state index contributed by atoms with van der Waals surface area (Å²) in [4.78, 5) is 29.8. The molecule has 24 heavy (non-hydrogen) atoms. The third kappa shape index (κ3) is 4.38. The third-order valence-corrected chi connectivity index (χ3v) is 3.02. The highest BCUT2D eigenvalue weighted by Crippen LogP contribution is 2.31. The molecule has 2 rings (SSSR count). The summed E-state index contributed by atoms with van der Waals surface area (Å²) < 4.78 is 0. The number of hydrogen-bond acceptors (Lipinski definition) is 7. The lowest BCUT2D eigenvalue weighted by Crippen LogP contribution is -2.09. The normalized spacial score (nSPS) is 10.1. The van der Waals surface area contributed by atoms with Crippen molar-refractivity contribution in [3.63, 3.8) is 0 Å². The highest BCUT2D eigenvalue weighted by molar-refractivity contribution is 5.89. The Labute approximate surface area is 138 Å². The summed E-state index contributed by atoms with van der Waals surface area (Å²) in [6, 6.07) is 6.76. The maximum Gasteiger partial charge on any atom is 0.353 e. The molecule has 0 radical (unpaired) electrons. The van der Waals surface area contributed by atoms with Crippen molar-refractivity contribution in [1.82, 2.24) is 9.97 Å². The van der Waals surface area contributed by atoms with Crippen LogP contribution in [0.15, 0.2) is 30.6 Å². The van der Waals surface area contributed by atoms with Gasteiger partial charge in [-0.15, -0.1) is 0 Å². The van der Waals surface area contributed by atoms with Crippen LogP contribution in [0, 0.1) is 10.1 Å². The number of carbonyl (C=O) groups is 1. The second-order valence-electron chi connectivity index (χ2n) is 4.99. The molecule has 1 aromatic heterocycles. The molecule has 1 aromatic carbocycles. The van der Waals surface area contributed by atoms with Crippen LogP contribution in [0.1, 0.15) is 20.3 Å². The van der Waals surface area contributed by atoms with Crippen LogP contribution in [0.2, 0.25) is 0 Å². The van der Waals surface area contributed by atoms with Crippen molar-refractivity contribution in [1.29, 1.82) is 0 Å². The number of benzene rings is 1. The van der Waals surface area contributed by atoms with Crippen LogP contribution < -0.4 is 16.0 Å². The topological polar surface area (TPSA) is 122 Å². The standard InChI is InChI=1S/C15H18N6O3/c1-3-8-16-14-13(21(23)24)15(18-9-17-14)20-12-6-4-11(5-7-12)19-10(2)22/h4-7,9H,3,8H2,1-2H3,(H,19,22)(H2,16,17,18,20). The van der Waals surface area contributed by atoms with E-state index < -0.39 is 4.92 Å². The van der Waals surface area contributed by atoms with Gasteiger partial charge in [-0.2, -0.15) is 0 Å². The number of rotatable bonds is 7. The fraction of sp³-hybridized carbons (Fsp3) is 0.267. The van der Waals surface area contributed by atoms with Crippen molar-refractivity contribution in [3.05, 3.63) is 40.7 Å². The van der Waals surface area contributed by atoms with Crippen molar-refractivity contribution >= 4 is 34.6 Å². The van der Waals surface area contributed by atoms with Gasteiger partial charge in [-0.05, 0) is 30.7 Å². The van der Waals surface area contributed by atoms with E-state index in [1.54, 1.807) is 24.3 Å². The first-order valence-corrected chi connectivity index (χ1v) is 7.39. The van der Waals surface area contributed by atoms with Gasteiger partial charge in [-0.25, -0.2) is 9.97 Å². The van der Waals surface area contributed by atoms with Crippen LogP contribution in [0.5, 0.6) is 0 Å². The fourth-order valence-electron chi connectivity index (χ4n) is 1.99. The molecule has 3 N–H and O–H groups in total. The van der Waals surface area contributed by atoms with Gasteiger partial charge < -0.3 is 16.0 Å². The zero-order valence-electron chi connectivity index (χ0n) is 13.4. The monoisotopic (exact) mass is 330 g/mol. The second kappa shape index (κ2) is 7.86. The minimum absolute atomic E-state index is 0.0980. The molecule has 1 heterocycles. The summed E-state index contributed by atoms with van der Waals surface area (Å²) in [6.07, 6.45) is 2.08. The minimum atomic E-state index is -0.522. The summed E-state index contributed by atoms with van der Waals surface area (Å²) in [5, 5.41) is 19.8. The molecule has 0 aliphatic rings. The Morgan fingerprint density at radius 1 is 1.17 bits per heavy atom. The summed E-state index contributed by atoms with van der Waals surface area (Å²) in [5.74, 6) is 0.101. The number of aromatic nitrogens is 2. The number of nitro groups is 1. The Bertz CT molecular complexity index is 732. The summed E-state index contributed by atoms with van der Waals surface area (Å²) in [7, 11) is 0. The lowest BCUT2D eigenvalue weighted by Gasteiger charge is -2.10. The van der Waals surface area contributed by atoms with Gasteiger partial charge in [-0.3, -0.25) is 14.9 Å². The van der Waals surface area contributed by atoms with Gasteiger partial charge in [0, 0.05) is 24.8 Å². The highest BCUT2D eigenvalue weighted by Gasteiger charge is 2.22. The van der Waals surface area contributed by atoms with E-state index in [1.807, 2.05) is 6.92 Å². The van der Waals surface area contributed by atoms with Crippen LogP contribution in [0.4, 0.5) is 28.7 Å². The lowest BCUT2D eigenvalue weighted by molar-refractivity contribution is -0.383. The average molecular weight is 330 g/mol. The lowest BCUT2D eigenvalue weighted by atomic mass is 10.2. The van der Waals surface area contributed by atoms with Crippen LogP contribution in [-0.2, 0) is 4.79 Å². The number of amides is 1. The Morgan fingerprint density at radius 3 is 2.38 bits per heavy atom. The van der Waals surface area contributed by atoms with E-state index in [-0.39, 0.29) is 23.2 Å².